The fourth-order valence-corrected chi connectivity index (χ4v) is 3.35. The van der Waals surface area contributed by atoms with E-state index in [1.165, 1.54) is 11.0 Å². The Morgan fingerprint density at radius 2 is 1.87 bits per heavy atom. The standard InChI is InChI=1S/C23H18ClFN2O3/c24-18-7-5-15(6-8-18)23(29)26-19-9-10-21-17(11-19)13-27(22(28)14-30-21)12-16-3-1-2-4-20(16)25/h1-11H,12-14H2,(H,26,29). The lowest BCUT2D eigenvalue weighted by atomic mass is 10.1. The molecule has 3 aromatic rings. The number of hydrogen-bond donors (Lipinski definition) is 1. The third-order valence-corrected chi connectivity index (χ3v) is 5.06. The minimum absolute atomic E-state index is 0.127. The van der Waals surface area contributed by atoms with Gasteiger partial charge in [0.25, 0.3) is 11.8 Å². The maximum absolute atomic E-state index is 14.0. The molecule has 3 aromatic carbocycles. The molecule has 0 bridgehead atoms. The van der Waals surface area contributed by atoms with Gasteiger partial charge >= 0.3 is 0 Å². The van der Waals surface area contributed by atoms with Crippen molar-refractivity contribution in [1.29, 1.82) is 0 Å². The average molecular weight is 425 g/mol. The highest BCUT2D eigenvalue weighted by Gasteiger charge is 2.23. The van der Waals surface area contributed by atoms with Crippen molar-refractivity contribution in [2.75, 3.05) is 11.9 Å². The summed E-state index contributed by atoms with van der Waals surface area (Å²) in [5, 5.41) is 3.38. The highest BCUT2D eigenvalue weighted by atomic mass is 35.5. The maximum Gasteiger partial charge on any atom is 0.261 e. The molecule has 1 aliphatic rings. The van der Waals surface area contributed by atoms with Gasteiger partial charge in [-0.25, -0.2) is 4.39 Å². The molecule has 30 heavy (non-hydrogen) atoms. The quantitative estimate of drug-likeness (QED) is 0.663. The summed E-state index contributed by atoms with van der Waals surface area (Å²) in [7, 11) is 0. The van der Waals surface area contributed by atoms with E-state index in [1.807, 2.05) is 0 Å². The topological polar surface area (TPSA) is 58.6 Å². The third kappa shape index (κ3) is 4.44. The minimum atomic E-state index is -0.361. The number of fused-ring (bicyclic) bond motifs is 1. The number of benzene rings is 3. The van der Waals surface area contributed by atoms with Crippen molar-refractivity contribution in [2.45, 2.75) is 13.1 Å². The van der Waals surface area contributed by atoms with E-state index in [-0.39, 0.29) is 37.3 Å². The molecule has 0 radical (unpaired) electrons. The zero-order chi connectivity index (χ0) is 21.1. The second kappa shape index (κ2) is 8.55. The molecular formula is C23H18ClFN2O3. The van der Waals surface area contributed by atoms with Crippen molar-refractivity contribution in [1.82, 2.24) is 4.90 Å². The molecule has 0 aliphatic carbocycles. The monoisotopic (exact) mass is 424 g/mol. The van der Waals surface area contributed by atoms with Crippen LogP contribution in [0.1, 0.15) is 21.5 Å². The van der Waals surface area contributed by atoms with Gasteiger partial charge in [0, 0.05) is 40.5 Å². The van der Waals surface area contributed by atoms with Crippen molar-refractivity contribution in [3.63, 3.8) is 0 Å². The van der Waals surface area contributed by atoms with Gasteiger partial charge in [0.2, 0.25) is 0 Å². The van der Waals surface area contributed by atoms with E-state index < -0.39 is 0 Å². The predicted octanol–water partition coefficient (Wildman–Crippen LogP) is 4.65. The molecule has 0 saturated carbocycles. The summed E-state index contributed by atoms with van der Waals surface area (Å²) in [6.07, 6.45) is 0. The summed E-state index contributed by atoms with van der Waals surface area (Å²) in [6.45, 7) is 0.251. The highest BCUT2D eigenvalue weighted by Crippen LogP contribution is 2.28. The number of halogens is 2. The van der Waals surface area contributed by atoms with Gasteiger partial charge in [-0.2, -0.15) is 0 Å². The van der Waals surface area contributed by atoms with Crippen LogP contribution in [-0.4, -0.2) is 23.3 Å². The van der Waals surface area contributed by atoms with E-state index >= 15 is 0 Å². The number of nitrogens with zero attached hydrogens (tertiary/aromatic N) is 1. The van der Waals surface area contributed by atoms with Crippen molar-refractivity contribution >= 4 is 29.1 Å². The number of carbonyl (C=O) groups excluding carboxylic acids is 2. The molecule has 0 saturated heterocycles. The van der Waals surface area contributed by atoms with Crippen LogP contribution < -0.4 is 10.1 Å². The number of ether oxygens (including phenoxy) is 1. The predicted molar refractivity (Wildman–Crippen MR) is 112 cm³/mol. The number of amides is 2. The molecule has 1 aliphatic heterocycles. The highest BCUT2D eigenvalue weighted by molar-refractivity contribution is 6.30. The molecule has 4 rings (SSSR count). The van der Waals surface area contributed by atoms with E-state index in [0.717, 1.165) is 5.56 Å². The lowest BCUT2D eigenvalue weighted by Crippen LogP contribution is -2.32. The van der Waals surface area contributed by atoms with Crippen LogP contribution in [0.5, 0.6) is 5.75 Å². The van der Waals surface area contributed by atoms with Crippen molar-refractivity contribution < 1.29 is 18.7 Å². The Balaban J connectivity index is 1.54. The lowest BCUT2D eigenvalue weighted by molar-refractivity contribution is -0.133. The van der Waals surface area contributed by atoms with Crippen molar-refractivity contribution in [3.05, 3.63) is 94.3 Å². The number of rotatable bonds is 4. The van der Waals surface area contributed by atoms with E-state index in [2.05, 4.69) is 5.32 Å². The Morgan fingerprint density at radius 3 is 2.63 bits per heavy atom. The summed E-state index contributed by atoms with van der Waals surface area (Å²) in [5.74, 6) is -0.315. The summed E-state index contributed by atoms with van der Waals surface area (Å²) >= 11 is 5.86. The molecule has 0 aromatic heterocycles. The molecule has 0 fully saturated rings. The van der Waals surface area contributed by atoms with Gasteiger partial charge in [-0.1, -0.05) is 29.8 Å². The van der Waals surface area contributed by atoms with Gasteiger partial charge in [-0.3, -0.25) is 9.59 Å². The lowest BCUT2D eigenvalue weighted by Gasteiger charge is -2.20. The van der Waals surface area contributed by atoms with Crippen LogP contribution in [0.4, 0.5) is 10.1 Å². The van der Waals surface area contributed by atoms with E-state index in [0.29, 0.717) is 27.6 Å². The molecule has 2 amide bonds. The van der Waals surface area contributed by atoms with Crippen LogP contribution in [0, 0.1) is 5.82 Å². The van der Waals surface area contributed by atoms with Gasteiger partial charge < -0.3 is 15.0 Å². The van der Waals surface area contributed by atoms with Crippen LogP contribution in [-0.2, 0) is 17.9 Å². The van der Waals surface area contributed by atoms with Crippen LogP contribution in [0.15, 0.2) is 66.7 Å². The third-order valence-electron chi connectivity index (χ3n) is 4.81. The Hall–Kier alpha value is -3.38. The summed E-state index contributed by atoms with van der Waals surface area (Å²) in [5.41, 5.74) is 2.20. The van der Waals surface area contributed by atoms with E-state index in [4.69, 9.17) is 16.3 Å². The van der Waals surface area contributed by atoms with Crippen molar-refractivity contribution in [3.8, 4) is 5.75 Å². The van der Waals surface area contributed by atoms with Gasteiger partial charge in [-0.05, 0) is 48.5 Å². The van der Waals surface area contributed by atoms with Crippen molar-refractivity contribution in [2.24, 2.45) is 0 Å². The summed E-state index contributed by atoms with van der Waals surface area (Å²) in [4.78, 5) is 26.5. The smallest absolute Gasteiger partial charge is 0.261 e. The molecule has 0 atom stereocenters. The van der Waals surface area contributed by atoms with Crippen LogP contribution in [0.2, 0.25) is 5.02 Å². The van der Waals surface area contributed by atoms with Gasteiger partial charge in [0.1, 0.15) is 11.6 Å². The first-order chi connectivity index (χ1) is 14.5. The first-order valence-corrected chi connectivity index (χ1v) is 9.71. The molecule has 7 heteroatoms. The Bertz CT molecular complexity index is 1100. The molecular weight excluding hydrogens is 407 g/mol. The van der Waals surface area contributed by atoms with Gasteiger partial charge in [-0.15, -0.1) is 0 Å². The van der Waals surface area contributed by atoms with Crippen LogP contribution in [0.25, 0.3) is 0 Å². The van der Waals surface area contributed by atoms with Gasteiger partial charge in [0.15, 0.2) is 6.61 Å². The largest absolute Gasteiger partial charge is 0.483 e. The molecule has 1 N–H and O–H groups in total. The Morgan fingerprint density at radius 1 is 1.10 bits per heavy atom. The maximum atomic E-state index is 14.0. The average Bonchev–Trinajstić information content (AvgIpc) is 2.89. The Labute approximate surface area is 178 Å². The molecule has 152 valence electrons. The first-order valence-electron chi connectivity index (χ1n) is 9.33. The van der Waals surface area contributed by atoms with Gasteiger partial charge in [0.05, 0.1) is 0 Å². The summed E-state index contributed by atoms with van der Waals surface area (Å²) < 4.78 is 19.6. The zero-order valence-corrected chi connectivity index (χ0v) is 16.7. The number of anilines is 1. The number of carbonyl (C=O) groups is 2. The number of nitrogens with one attached hydrogen (secondary N) is 1. The van der Waals surface area contributed by atoms with E-state index in [1.54, 1.807) is 60.7 Å². The molecule has 1 heterocycles. The van der Waals surface area contributed by atoms with Crippen LogP contribution in [0.3, 0.4) is 0 Å². The molecule has 0 unspecified atom stereocenters. The second-order valence-electron chi connectivity index (χ2n) is 6.91. The number of hydrogen-bond acceptors (Lipinski definition) is 3. The van der Waals surface area contributed by atoms with Crippen LogP contribution >= 0.6 is 11.6 Å². The Kier molecular flexibility index (Phi) is 5.68. The molecule has 5 nitrogen and oxygen atoms in total. The minimum Gasteiger partial charge on any atom is -0.483 e. The normalized spacial score (nSPS) is 13.3. The SMILES string of the molecule is O=C(Nc1ccc2c(c1)CN(Cc1ccccc1F)C(=O)CO2)c1ccc(Cl)cc1. The second-order valence-corrected chi connectivity index (χ2v) is 7.35. The molecule has 0 spiro atoms. The zero-order valence-electron chi connectivity index (χ0n) is 15.9. The fourth-order valence-electron chi connectivity index (χ4n) is 3.23. The fraction of sp³-hybridized carbons (Fsp3) is 0.130. The van der Waals surface area contributed by atoms with E-state index in [9.17, 15) is 14.0 Å². The summed E-state index contributed by atoms with van der Waals surface area (Å²) in [6, 6.07) is 18.1. The first kappa shape index (κ1) is 19.9.